The second kappa shape index (κ2) is 8.20. The van der Waals surface area contributed by atoms with E-state index in [0.717, 1.165) is 51.9 Å². The zero-order valence-electron chi connectivity index (χ0n) is 13.7. The minimum Gasteiger partial charge on any atom is -0.422 e. The van der Waals surface area contributed by atoms with Gasteiger partial charge in [-0.15, -0.1) is 0 Å². The number of hydrogen-bond donors (Lipinski definition) is 0. The van der Waals surface area contributed by atoms with Crippen LogP contribution in [-0.4, -0.2) is 50.1 Å². The maximum absolute atomic E-state index is 11.9. The van der Waals surface area contributed by atoms with Crippen molar-refractivity contribution in [3.8, 4) is 0 Å². The summed E-state index contributed by atoms with van der Waals surface area (Å²) in [6, 6.07) is 10.5. The molecule has 5 heteroatoms. The van der Waals surface area contributed by atoms with E-state index in [0.29, 0.717) is 0 Å². The summed E-state index contributed by atoms with van der Waals surface area (Å²) in [6.07, 6.45) is 5.25. The predicted molar refractivity (Wildman–Crippen MR) is 89.5 cm³/mol. The van der Waals surface area contributed by atoms with Crippen LogP contribution in [0.3, 0.4) is 0 Å². The summed E-state index contributed by atoms with van der Waals surface area (Å²) in [4.78, 5) is 16.0. The van der Waals surface area contributed by atoms with Crippen molar-refractivity contribution in [2.24, 2.45) is 0 Å². The largest absolute Gasteiger partial charge is 0.422 e. The van der Waals surface area contributed by atoms with Gasteiger partial charge >= 0.3 is 6.09 Å². The number of amides is 1. The molecule has 5 nitrogen and oxygen atoms in total. The zero-order chi connectivity index (χ0) is 15.9. The van der Waals surface area contributed by atoms with E-state index in [4.69, 9.17) is 9.47 Å². The average molecular weight is 318 g/mol. The molecule has 0 aliphatic carbocycles. The highest BCUT2D eigenvalue weighted by Crippen LogP contribution is 2.21. The Balaban J connectivity index is 1.34. The Morgan fingerprint density at radius 1 is 1.00 bits per heavy atom. The second-order valence-electron chi connectivity index (χ2n) is 6.26. The lowest BCUT2D eigenvalue weighted by molar-refractivity contribution is -0.0722. The smallest absolute Gasteiger partial charge is 0.411 e. The normalized spacial score (nSPS) is 19.7. The SMILES string of the molecule is O=C(OCOC1CCN(c2ccccc2)CC1)N1CCCCC1. The summed E-state index contributed by atoms with van der Waals surface area (Å²) in [7, 11) is 0. The molecule has 0 radical (unpaired) electrons. The Morgan fingerprint density at radius 3 is 2.39 bits per heavy atom. The van der Waals surface area contributed by atoms with Crippen LogP contribution in [0.4, 0.5) is 10.5 Å². The molecular formula is C18H26N2O3. The van der Waals surface area contributed by atoms with Gasteiger partial charge in [0.15, 0.2) is 6.79 Å². The zero-order valence-corrected chi connectivity index (χ0v) is 13.7. The van der Waals surface area contributed by atoms with Crippen LogP contribution in [0.15, 0.2) is 30.3 Å². The Bertz CT molecular complexity index is 480. The lowest BCUT2D eigenvalue weighted by Crippen LogP contribution is -2.39. The molecule has 2 aliphatic rings. The Morgan fingerprint density at radius 2 is 1.70 bits per heavy atom. The summed E-state index contributed by atoms with van der Waals surface area (Å²) < 4.78 is 11.0. The molecule has 0 atom stereocenters. The van der Waals surface area contributed by atoms with Crippen molar-refractivity contribution in [1.82, 2.24) is 4.90 Å². The van der Waals surface area contributed by atoms with Gasteiger partial charge in [0.25, 0.3) is 0 Å². The topological polar surface area (TPSA) is 42.0 Å². The van der Waals surface area contributed by atoms with Gasteiger partial charge in [0.2, 0.25) is 0 Å². The van der Waals surface area contributed by atoms with Crippen LogP contribution in [0.1, 0.15) is 32.1 Å². The van der Waals surface area contributed by atoms with Crippen LogP contribution in [0, 0.1) is 0 Å². The molecule has 2 aliphatic heterocycles. The van der Waals surface area contributed by atoms with Gasteiger partial charge in [-0.05, 0) is 44.2 Å². The highest BCUT2D eigenvalue weighted by molar-refractivity contribution is 5.67. The highest BCUT2D eigenvalue weighted by Gasteiger charge is 2.21. The lowest BCUT2D eigenvalue weighted by atomic mass is 10.1. The van der Waals surface area contributed by atoms with Gasteiger partial charge in [-0.2, -0.15) is 0 Å². The lowest BCUT2D eigenvalue weighted by Gasteiger charge is -2.33. The molecule has 0 N–H and O–H groups in total. The van der Waals surface area contributed by atoms with Gasteiger partial charge in [0.1, 0.15) is 0 Å². The number of ether oxygens (including phenoxy) is 2. The number of benzene rings is 1. The first-order valence-corrected chi connectivity index (χ1v) is 8.66. The first-order valence-electron chi connectivity index (χ1n) is 8.66. The fourth-order valence-corrected chi connectivity index (χ4v) is 3.27. The van der Waals surface area contributed by atoms with E-state index in [-0.39, 0.29) is 19.0 Å². The van der Waals surface area contributed by atoms with Gasteiger partial charge in [0.05, 0.1) is 6.10 Å². The van der Waals surface area contributed by atoms with Crippen LogP contribution >= 0.6 is 0 Å². The van der Waals surface area contributed by atoms with Crippen LogP contribution < -0.4 is 4.90 Å². The third-order valence-electron chi connectivity index (χ3n) is 4.66. The van der Waals surface area contributed by atoms with Crippen molar-refractivity contribution in [1.29, 1.82) is 0 Å². The van der Waals surface area contributed by atoms with Gasteiger partial charge < -0.3 is 19.3 Å². The fourth-order valence-electron chi connectivity index (χ4n) is 3.27. The molecule has 0 aromatic heterocycles. The summed E-state index contributed by atoms with van der Waals surface area (Å²) >= 11 is 0. The van der Waals surface area contributed by atoms with Crippen LogP contribution in [0.2, 0.25) is 0 Å². The molecule has 0 saturated carbocycles. The number of rotatable bonds is 4. The number of likely N-dealkylation sites (tertiary alicyclic amines) is 1. The number of carbonyl (C=O) groups is 1. The van der Waals surface area contributed by atoms with E-state index >= 15 is 0 Å². The first-order chi connectivity index (χ1) is 11.3. The van der Waals surface area contributed by atoms with Gasteiger partial charge in [-0.3, -0.25) is 0 Å². The Kier molecular flexibility index (Phi) is 5.75. The van der Waals surface area contributed by atoms with Gasteiger partial charge in [-0.25, -0.2) is 4.79 Å². The van der Waals surface area contributed by atoms with Crippen LogP contribution in [-0.2, 0) is 9.47 Å². The quantitative estimate of drug-likeness (QED) is 0.799. The summed E-state index contributed by atoms with van der Waals surface area (Å²) in [5.41, 5.74) is 1.27. The monoisotopic (exact) mass is 318 g/mol. The molecule has 3 rings (SSSR count). The van der Waals surface area contributed by atoms with Crippen molar-refractivity contribution in [3.05, 3.63) is 30.3 Å². The number of carbonyl (C=O) groups excluding carboxylic acids is 1. The minimum atomic E-state index is -0.230. The molecule has 2 saturated heterocycles. The number of para-hydroxylation sites is 1. The molecule has 0 spiro atoms. The minimum absolute atomic E-state index is 0.0747. The number of piperidine rings is 2. The molecule has 1 amide bonds. The van der Waals surface area contributed by atoms with Crippen LogP contribution in [0.5, 0.6) is 0 Å². The van der Waals surface area contributed by atoms with E-state index in [1.54, 1.807) is 4.90 Å². The Labute approximate surface area is 138 Å². The molecule has 2 heterocycles. The van der Waals surface area contributed by atoms with E-state index < -0.39 is 0 Å². The van der Waals surface area contributed by atoms with E-state index in [1.807, 2.05) is 6.07 Å². The summed E-state index contributed by atoms with van der Waals surface area (Å²) in [5.74, 6) is 0. The standard InChI is InChI=1S/C18H26N2O3/c21-18(20-11-5-2-6-12-20)23-15-22-17-9-13-19(14-10-17)16-7-3-1-4-8-16/h1,3-4,7-8,17H,2,5-6,9-15H2. The van der Waals surface area contributed by atoms with Crippen molar-refractivity contribution in [2.45, 2.75) is 38.2 Å². The van der Waals surface area contributed by atoms with Crippen molar-refractivity contribution in [2.75, 3.05) is 37.9 Å². The third kappa shape index (κ3) is 4.61. The first kappa shape index (κ1) is 16.1. The molecule has 126 valence electrons. The number of anilines is 1. The number of hydrogen-bond acceptors (Lipinski definition) is 4. The molecule has 1 aromatic rings. The molecular weight excluding hydrogens is 292 g/mol. The third-order valence-corrected chi connectivity index (χ3v) is 4.66. The van der Waals surface area contributed by atoms with Crippen molar-refractivity contribution in [3.63, 3.8) is 0 Å². The predicted octanol–water partition coefficient (Wildman–Crippen LogP) is 3.25. The fraction of sp³-hybridized carbons (Fsp3) is 0.611. The second-order valence-corrected chi connectivity index (χ2v) is 6.26. The summed E-state index contributed by atoms with van der Waals surface area (Å²) in [6.45, 7) is 3.66. The maximum atomic E-state index is 11.9. The molecule has 0 bridgehead atoms. The van der Waals surface area contributed by atoms with Crippen LogP contribution in [0.25, 0.3) is 0 Å². The Hall–Kier alpha value is -1.75. The highest BCUT2D eigenvalue weighted by atomic mass is 16.7. The van der Waals surface area contributed by atoms with E-state index in [9.17, 15) is 4.79 Å². The molecule has 2 fully saturated rings. The van der Waals surface area contributed by atoms with Crippen molar-refractivity contribution >= 4 is 11.8 Å². The molecule has 1 aromatic carbocycles. The maximum Gasteiger partial charge on any atom is 0.411 e. The van der Waals surface area contributed by atoms with Gasteiger partial charge in [0, 0.05) is 31.9 Å². The van der Waals surface area contributed by atoms with E-state index in [2.05, 4.69) is 29.2 Å². The van der Waals surface area contributed by atoms with E-state index in [1.165, 1.54) is 12.1 Å². The van der Waals surface area contributed by atoms with Gasteiger partial charge in [-0.1, -0.05) is 18.2 Å². The number of nitrogens with zero attached hydrogens (tertiary/aromatic N) is 2. The van der Waals surface area contributed by atoms with Crippen molar-refractivity contribution < 1.29 is 14.3 Å². The molecule has 0 unspecified atom stereocenters. The average Bonchev–Trinajstić information content (AvgIpc) is 2.64. The summed E-state index contributed by atoms with van der Waals surface area (Å²) in [5, 5.41) is 0. The molecule has 23 heavy (non-hydrogen) atoms.